The zero-order chi connectivity index (χ0) is 20.2. The molecule has 2 aliphatic heterocycles. The Morgan fingerprint density at radius 2 is 2.28 bits per heavy atom. The van der Waals surface area contributed by atoms with Crippen LogP contribution >= 0.6 is 0 Å². The minimum Gasteiger partial charge on any atom is -0.482 e. The second kappa shape index (κ2) is 8.86. The lowest BCUT2D eigenvalue weighted by atomic mass is 9.97. The molecule has 0 saturated carbocycles. The minimum atomic E-state index is -0.569. The van der Waals surface area contributed by atoms with Gasteiger partial charge >= 0.3 is 0 Å². The zero-order valence-electron chi connectivity index (χ0n) is 16.5. The lowest BCUT2D eigenvalue weighted by Crippen LogP contribution is -2.50. The fourth-order valence-corrected chi connectivity index (χ4v) is 3.80. The van der Waals surface area contributed by atoms with Crippen LogP contribution in [0.25, 0.3) is 16.5 Å². The van der Waals surface area contributed by atoms with Crippen LogP contribution in [-0.4, -0.2) is 72.9 Å². The molecule has 29 heavy (non-hydrogen) atoms. The van der Waals surface area contributed by atoms with Gasteiger partial charge in [-0.15, -0.1) is 0 Å². The van der Waals surface area contributed by atoms with E-state index < -0.39 is 5.91 Å². The molecule has 2 aliphatic rings. The van der Waals surface area contributed by atoms with E-state index in [4.69, 9.17) is 19.9 Å². The molecule has 8 nitrogen and oxygen atoms in total. The first-order valence-corrected chi connectivity index (χ1v) is 9.86. The average molecular weight is 398 g/mol. The largest absolute Gasteiger partial charge is 0.482 e. The van der Waals surface area contributed by atoms with Gasteiger partial charge in [0.2, 0.25) is 0 Å². The van der Waals surface area contributed by atoms with Gasteiger partial charge < -0.3 is 19.9 Å². The van der Waals surface area contributed by atoms with Crippen molar-refractivity contribution in [1.29, 1.82) is 0 Å². The first-order valence-electron chi connectivity index (χ1n) is 9.86. The smallest absolute Gasteiger partial charge is 0.284 e. The number of rotatable bonds is 8. The third-order valence-corrected chi connectivity index (χ3v) is 5.51. The maximum absolute atomic E-state index is 12.4. The van der Waals surface area contributed by atoms with Gasteiger partial charge in [-0.25, -0.2) is 9.97 Å². The number of benzene rings is 1. The van der Waals surface area contributed by atoms with Crippen molar-refractivity contribution in [3.8, 4) is 0 Å². The van der Waals surface area contributed by atoms with Gasteiger partial charge in [-0.3, -0.25) is 9.69 Å². The minimum absolute atomic E-state index is 0.164. The van der Waals surface area contributed by atoms with Crippen LogP contribution in [0.4, 0.5) is 0 Å². The van der Waals surface area contributed by atoms with Gasteiger partial charge in [0.15, 0.2) is 5.76 Å². The number of nitrogens with two attached hydrogens (primary N) is 1. The molecule has 8 heteroatoms. The summed E-state index contributed by atoms with van der Waals surface area (Å²) in [7, 11) is 1.70. The molecular weight excluding hydrogens is 372 g/mol. The van der Waals surface area contributed by atoms with Crippen LogP contribution in [0.2, 0.25) is 0 Å². The number of aromatic nitrogens is 2. The van der Waals surface area contributed by atoms with Crippen molar-refractivity contribution in [1.82, 2.24) is 14.9 Å². The van der Waals surface area contributed by atoms with Gasteiger partial charge in [0.25, 0.3) is 5.91 Å². The van der Waals surface area contributed by atoms with Crippen LogP contribution in [0, 0.1) is 0 Å². The van der Waals surface area contributed by atoms with Crippen molar-refractivity contribution in [3.05, 3.63) is 42.0 Å². The van der Waals surface area contributed by atoms with Crippen LogP contribution in [0.5, 0.6) is 0 Å². The van der Waals surface area contributed by atoms with E-state index in [-0.39, 0.29) is 11.9 Å². The molecule has 0 bridgehead atoms. The average Bonchev–Trinajstić information content (AvgIpc) is 3.23. The third-order valence-electron chi connectivity index (χ3n) is 5.51. The molecule has 0 spiro atoms. The number of methoxy groups -OCH3 is 1. The van der Waals surface area contributed by atoms with Gasteiger partial charge in [-0.1, -0.05) is 6.07 Å². The van der Waals surface area contributed by atoms with Crippen molar-refractivity contribution in [2.75, 3.05) is 40.0 Å². The molecule has 0 aliphatic carbocycles. The highest BCUT2D eigenvalue weighted by atomic mass is 16.5. The highest BCUT2D eigenvalue weighted by Crippen LogP contribution is 2.29. The molecule has 2 N–H and O–H groups in total. The Morgan fingerprint density at radius 1 is 1.38 bits per heavy atom. The Bertz CT molecular complexity index is 910. The normalized spacial score (nSPS) is 22.9. The molecule has 4 rings (SSSR count). The topological polar surface area (TPSA) is 99.8 Å². The van der Waals surface area contributed by atoms with Crippen LogP contribution < -0.4 is 5.73 Å². The molecule has 2 saturated heterocycles. The number of ether oxygens (including phenoxy) is 3. The third kappa shape index (κ3) is 4.39. The molecule has 1 aromatic carbocycles. The van der Waals surface area contributed by atoms with Crippen molar-refractivity contribution in [2.24, 2.45) is 5.73 Å². The Hall–Kier alpha value is -2.55. The summed E-state index contributed by atoms with van der Waals surface area (Å²) in [6.45, 7) is 3.24. The van der Waals surface area contributed by atoms with Gasteiger partial charge in [0.05, 0.1) is 25.3 Å². The summed E-state index contributed by atoms with van der Waals surface area (Å²) >= 11 is 0. The highest BCUT2D eigenvalue weighted by molar-refractivity contribution is 5.99. The molecule has 2 atom stereocenters. The van der Waals surface area contributed by atoms with Crippen molar-refractivity contribution in [3.63, 3.8) is 0 Å². The second-order valence-corrected chi connectivity index (χ2v) is 7.44. The van der Waals surface area contributed by atoms with Gasteiger partial charge in [0.1, 0.15) is 12.4 Å². The molecule has 2 fully saturated rings. The Labute approximate surface area is 169 Å². The molecule has 3 heterocycles. The van der Waals surface area contributed by atoms with Gasteiger partial charge in [-0.2, -0.15) is 0 Å². The predicted octanol–water partition coefficient (Wildman–Crippen LogP) is 1.35. The zero-order valence-corrected chi connectivity index (χ0v) is 16.5. The van der Waals surface area contributed by atoms with E-state index in [1.54, 1.807) is 13.3 Å². The number of carbonyl (C=O) groups excluding carboxylic acids is 1. The van der Waals surface area contributed by atoms with Crippen molar-refractivity contribution >= 4 is 22.4 Å². The number of primary amides is 1. The monoisotopic (exact) mass is 398 g/mol. The van der Waals surface area contributed by atoms with E-state index in [0.29, 0.717) is 32.4 Å². The van der Waals surface area contributed by atoms with Crippen LogP contribution in [-0.2, 0) is 19.0 Å². The van der Waals surface area contributed by atoms with Crippen LogP contribution in [0.15, 0.2) is 36.5 Å². The summed E-state index contributed by atoms with van der Waals surface area (Å²) in [6, 6.07) is 6.18. The number of fused-ring (bicyclic) bond motifs is 1. The predicted molar refractivity (Wildman–Crippen MR) is 108 cm³/mol. The standard InChI is InChI=1S/C21H26N4O4/c1-27-11-16-4-6-25(16)10-18(20(21(22)26)29-17-5-7-28-12-17)14-2-3-19-15(8-14)9-23-13-24-19/h2-3,8-9,13,16-17H,4-7,10-12H2,1H3,(H2,22,26)/b20-18+. The maximum atomic E-state index is 12.4. The molecule has 154 valence electrons. The number of likely N-dealkylation sites (tertiary alicyclic amines) is 1. The fourth-order valence-electron chi connectivity index (χ4n) is 3.80. The lowest BCUT2D eigenvalue weighted by molar-refractivity contribution is -0.118. The fraction of sp³-hybridized carbons (Fsp3) is 0.476. The summed E-state index contributed by atoms with van der Waals surface area (Å²) in [4.78, 5) is 23.1. The molecule has 2 aromatic rings. The number of hydrogen-bond donors (Lipinski definition) is 1. The Balaban J connectivity index is 1.72. The summed E-state index contributed by atoms with van der Waals surface area (Å²) in [5.74, 6) is -0.361. The summed E-state index contributed by atoms with van der Waals surface area (Å²) in [6.07, 6.45) is 4.92. The SMILES string of the molecule is COCC1CCN1C/C(=C(\OC1CCOC1)C(N)=O)c1ccc2ncncc2c1. The van der Waals surface area contributed by atoms with Crippen molar-refractivity contribution < 1.29 is 19.0 Å². The number of amides is 1. The molecule has 2 unspecified atom stereocenters. The van der Waals surface area contributed by atoms with Gasteiger partial charge in [-0.05, 0) is 24.1 Å². The number of nitrogens with zero attached hydrogens (tertiary/aromatic N) is 3. The number of carbonyl (C=O) groups is 1. The summed E-state index contributed by atoms with van der Waals surface area (Å²) in [5.41, 5.74) is 8.26. The van der Waals surface area contributed by atoms with E-state index in [1.165, 1.54) is 6.33 Å². The van der Waals surface area contributed by atoms with E-state index in [9.17, 15) is 4.79 Å². The maximum Gasteiger partial charge on any atom is 0.284 e. The van der Waals surface area contributed by atoms with Crippen LogP contribution in [0.3, 0.4) is 0 Å². The number of hydrogen-bond acceptors (Lipinski definition) is 7. The van der Waals surface area contributed by atoms with E-state index in [2.05, 4.69) is 14.9 Å². The Kier molecular flexibility index (Phi) is 6.03. The van der Waals surface area contributed by atoms with E-state index in [1.807, 2.05) is 18.2 Å². The quantitative estimate of drug-likeness (QED) is 0.529. The summed E-state index contributed by atoms with van der Waals surface area (Å²) < 4.78 is 16.8. The first-order chi connectivity index (χ1) is 14.2. The molecule has 0 radical (unpaired) electrons. The lowest BCUT2D eigenvalue weighted by Gasteiger charge is -2.41. The highest BCUT2D eigenvalue weighted by Gasteiger charge is 2.31. The van der Waals surface area contributed by atoms with Crippen LogP contribution in [0.1, 0.15) is 18.4 Å². The van der Waals surface area contributed by atoms with Gasteiger partial charge in [0, 0.05) is 49.8 Å². The van der Waals surface area contributed by atoms with E-state index >= 15 is 0 Å². The second-order valence-electron chi connectivity index (χ2n) is 7.44. The van der Waals surface area contributed by atoms with Crippen molar-refractivity contribution in [2.45, 2.75) is 25.0 Å². The molecule has 1 aromatic heterocycles. The summed E-state index contributed by atoms with van der Waals surface area (Å²) in [5, 5.41) is 0.896. The molecule has 1 amide bonds. The Morgan fingerprint density at radius 3 is 2.97 bits per heavy atom. The van der Waals surface area contributed by atoms with E-state index in [0.717, 1.165) is 41.4 Å². The molecular formula is C21H26N4O4. The first kappa shape index (κ1) is 19.8.